The van der Waals surface area contributed by atoms with Crippen LogP contribution in [0.25, 0.3) is 0 Å². The van der Waals surface area contributed by atoms with Gasteiger partial charge in [0.15, 0.2) is 17.3 Å². The average Bonchev–Trinajstić information content (AvgIpc) is 2.46. The number of hydrogen-bond donors (Lipinski definition) is 1. The summed E-state index contributed by atoms with van der Waals surface area (Å²) in [6.45, 7) is 0. The zero-order chi connectivity index (χ0) is 13.7. The maximum Gasteiger partial charge on any atom is 0.162 e. The van der Waals surface area contributed by atoms with E-state index >= 15 is 0 Å². The fourth-order valence-corrected chi connectivity index (χ4v) is 2.15. The van der Waals surface area contributed by atoms with Crippen LogP contribution in [0.5, 0.6) is 11.5 Å². The van der Waals surface area contributed by atoms with Gasteiger partial charge in [-0.3, -0.25) is 4.79 Å². The van der Waals surface area contributed by atoms with E-state index in [1.165, 1.54) is 0 Å². The van der Waals surface area contributed by atoms with Crippen molar-refractivity contribution >= 4 is 11.5 Å². The summed E-state index contributed by atoms with van der Waals surface area (Å²) in [7, 11) is 3.21. The monoisotopic (exact) mass is 261 g/mol. The molecular formula is C15H19NO3. The van der Waals surface area contributed by atoms with Gasteiger partial charge >= 0.3 is 0 Å². The minimum absolute atomic E-state index is 0.249. The first-order valence-corrected chi connectivity index (χ1v) is 6.45. The Kier molecular flexibility index (Phi) is 4.44. The molecule has 1 aliphatic rings. The average molecular weight is 261 g/mol. The lowest BCUT2D eigenvalue weighted by molar-refractivity contribution is -0.116. The van der Waals surface area contributed by atoms with Crippen molar-refractivity contribution in [1.29, 1.82) is 0 Å². The Bertz CT molecular complexity index is 494. The van der Waals surface area contributed by atoms with E-state index in [0.717, 1.165) is 30.5 Å². The molecule has 4 heteroatoms. The molecule has 0 aliphatic heterocycles. The predicted molar refractivity (Wildman–Crippen MR) is 74.7 cm³/mol. The Morgan fingerprint density at radius 2 is 1.84 bits per heavy atom. The summed E-state index contributed by atoms with van der Waals surface area (Å²) < 4.78 is 10.4. The largest absolute Gasteiger partial charge is 0.493 e. The molecular weight excluding hydrogens is 242 g/mol. The molecule has 1 fully saturated rings. The van der Waals surface area contributed by atoms with Crippen molar-refractivity contribution in [1.82, 2.24) is 0 Å². The van der Waals surface area contributed by atoms with E-state index in [1.807, 2.05) is 24.4 Å². The first kappa shape index (κ1) is 13.5. The zero-order valence-electron chi connectivity index (χ0n) is 11.4. The number of carbonyl (C=O) groups is 1. The van der Waals surface area contributed by atoms with Gasteiger partial charge in [0.25, 0.3) is 0 Å². The smallest absolute Gasteiger partial charge is 0.162 e. The van der Waals surface area contributed by atoms with Crippen LogP contribution in [0.1, 0.15) is 25.7 Å². The van der Waals surface area contributed by atoms with Crippen LogP contribution in [0.3, 0.4) is 0 Å². The SMILES string of the molecule is COc1ccc(N/C=C2/CCCCC2=O)cc1OC. The normalized spacial score (nSPS) is 17.4. The van der Waals surface area contributed by atoms with Gasteiger partial charge in [-0.15, -0.1) is 0 Å². The molecule has 2 rings (SSSR count). The van der Waals surface area contributed by atoms with E-state index in [9.17, 15) is 4.79 Å². The topological polar surface area (TPSA) is 47.6 Å². The van der Waals surface area contributed by atoms with E-state index in [2.05, 4.69) is 5.32 Å². The second kappa shape index (κ2) is 6.27. The van der Waals surface area contributed by atoms with Crippen LogP contribution in [0, 0.1) is 0 Å². The first-order valence-electron chi connectivity index (χ1n) is 6.45. The van der Waals surface area contributed by atoms with Crippen LogP contribution < -0.4 is 14.8 Å². The molecule has 1 saturated carbocycles. The van der Waals surface area contributed by atoms with Crippen LogP contribution >= 0.6 is 0 Å². The van der Waals surface area contributed by atoms with Crippen molar-refractivity contribution in [2.45, 2.75) is 25.7 Å². The summed E-state index contributed by atoms with van der Waals surface area (Å²) >= 11 is 0. The maximum atomic E-state index is 11.7. The van der Waals surface area contributed by atoms with Gasteiger partial charge in [0.1, 0.15) is 0 Å². The molecule has 0 heterocycles. The molecule has 19 heavy (non-hydrogen) atoms. The molecule has 4 nitrogen and oxygen atoms in total. The van der Waals surface area contributed by atoms with Crippen LogP contribution in [0.15, 0.2) is 30.0 Å². The summed E-state index contributed by atoms with van der Waals surface area (Å²) in [6.07, 6.45) is 5.43. The molecule has 1 aromatic carbocycles. The van der Waals surface area contributed by atoms with Gasteiger partial charge in [0, 0.05) is 29.9 Å². The van der Waals surface area contributed by atoms with Crippen LogP contribution in [-0.2, 0) is 4.79 Å². The van der Waals surface area contributed by atoms with Crippen molar-refractivity contribution in [3.63, 3.8) is 0 Å². The fraction of sp³-hybridized carbons (Fsp3) is 0.400. The van der Waals surface area contributed by atoms with E-state index < -0.39 is 0 Å². The predicted octanol–water partition coefficient (Wildman–Crippen LogP) is 3.14. The number of ether oxygens (including phenoxy) is 2. The Balaban J connectivity index is 2.10. The first-order chi connectivity index (χ1) is 9.24. The third kappa shape index (κ3) is 3.28. The standard InChI is InChI=1S/C15H19NO3/c1-18-14-8-7-12(9-15(14)19-2)16-10-11-5-3-4-6-13(11)17/h7-10,16H,3-6H2,1-2H3/b11-10-. The third-order valence-electron chi connectivity index (χ3n) is 3.25. The summed E-state index contributed by atoms with van der Waals surface area (Å²) in [6, 6.07) is 5.58. The lowest BCUT2D eigenvalue weighted by Gasteiger charge is -2.13. The fourth-order valence-electron chi connectivity index (χ4n) is 2.15. The quantitative estimate of drug-likeness (QED) is 0.846. The lowest BCUT2D eigenvalue weighted by atomic mass is 9.94. The lowest BCUT2D eigenvalue weighted by Crippen LogP contribution is -2.09. The summed E-state index contributed by atoms with van der Waals surface area (Å²) in [4.78, 5) is 11.7. The molecule has 0 saturated heterocycles. The van der Waals surface area contributed by atoms with Crippen molar-refractivity contribution in [3.05, 3.63) is 30.0 Å². The Morgan fingerprint density at radius 1 is 1.11 bits per heavy atom. The second-order valence-electron chi connectivity index (χ2n) is 4.51. The number of rotatable bonds is 4. The number of allylic oxidation sites excluding steroid dienone is 1. The molecule has 0 spiro atoms. The Labute approximate surface area is 113 Å². The van der Waals surface area contributed by atoms with Gasteiger partial charge in [-0.1, -0.05) is 0 Å². The number of ketones is 1. The van der Waals surface area contributed by atoms with Gasteiger partial charge in [-0.2, -0.15) is 0 Å². The summed E-state index contributed by atoms with van der Waals surface area (Å²) in [5.74, 6) is 1.61. The highest BCUT2D eigenvalue weighted by Gasteiger charge is 2.14. The number of carbonyl (C=O) groups excluding carboxylic acids is 1. The molecule has 1 aromatic rings. The van der Waals surface area contributed by atoms with E-state index in [0.29, 0.717) is 17.9 Å². The molecule has 0 amide bonds. The van der Waals surface area contributed by atoms with Gasteiger partial charge in [-0.05, 0) is 31.4 Å². The van der Waals surface area contributed by atoms with Crippen molar-refractivity contribution in [3.8, 4) is 11.5 Å². The number of anilines is 1. The Morgan fingerprint density at radius 3 is 2.53 bits per heavy atom. The van der Waals surface area contributed by atoms with E-state index in [-0.39, 0.29) is 5.78 Å². The molecule has 1 N–H and O–H groups in total. The van der Waals surface area contributed by atoms with Gasteiger partial charge in [-0.25, -0.2) is 0 Å². The van der Waals surface area contributed by atoms with Crippen molar-refractivity contribution in [2.75, 3.05) is 19.5 Å². The number of nitrogens with one attached hydrogen (secondary N) is 1. The summed E-state index contributed by atoms with van der Waals surface area (Å²) in [5, 5.41) is 3.15. The third-order valence-corrected chi connectivity index (χ3v) is 3.25. The van der Waals surface area contributed by atoms with E-state index in [4.69, 9.17) is 9.47 Å². The number of Topliss-reactive ketones (excluding diaryl/α,β-unsaturated/α-hetero) is 1. The molecule has 102 valence electrons. The van der Waals surface area contributed by atoms with Crippen LogP contribution in [0.2, 0.25) is 0 Å². The van der Waals surface area contributed by atoms with Gasteiger partial charge in [0.05, 0.1) is 14.2 Å². The summed E-state index contributed by atoms with van der Waals surface area (Å²) in [5.41, 5.74) is 1.75. The zero-order valence-corrected chi connectivity index (χ0v) is 11.4. The van der Waals surface area contributed by atoms with Crippen LogP contribution in [0.4, 0.5) is 5.69 Å². The minimum Gasteiger partial charge on any atom is -0.493 e. The van der Waals surface area contributed by atoms with Gasteiger partial charge in [0.2, 0.25) is 0 Å². The Hall–Kier alpha value is -1.97. The molecule has 1 aliphatic carbocycles. The minimum atomic E-state index is 0.249. The second-order valence-corrected chi connectivity index (χ2v) is 4.51. The highest BCUT2D eigenvalue weighted by Crippen LogP contribution is 2.30. The van der Waals surface area contributed by atoms with Crippen molar-refractivity contribution < 1.29 is 14.3 Å². The van der Waals surface area contributed by atoms with E-state index in [1.54, 1.807) is 14.2 Å². The van der Waals surface area contributed by atoms with Crippen LogP contribution in [-0.4, -0.2) is 20.0 Å². The van der Waals surface area contributed by atoms with Crippen molar-refractivity contribution in [2.24, 2.45) is 0 Å². The number of methoxy groups -OCH3 is 2. The number of hydrogen-bond acceptors (Lipinski definition) is 4. The number of benzene rings is 1. The maximum absolute atomic E-state index is 11.7. The molecule has 0 bridgehead atoms. The molecule has 0 atom stereocenters. The highest BCUT2D eigenvalue weighted by molar-refractivity contribution is 5.96. The molecule has 0 unspecified atom stereocenters. The highest BCUT2D eigenvalue weighted by atomic mass is 16.5. The van der Waals surface area contributed by atoms with Gasteiger partial charge < -0.3 is 14.8 Å². The molecule has 0 radical (unpaired) electrons. The molecule has 0 aromatic heterocycles.